The Labute approximate surface area is 368 Å². The second-order valence-corrected chi connectivity index (χ2v) is 19.4. The van der Waals surface area contributed by atoms with E-state index in [0.717, 1.165) is 18.4 Å². The summed E-state index contributed by atoms with van der Waals surface area (Å²) >= 11 is 0. The van der Waals surface area contributed by atoms with E-state index in [9.17, 15) is 20.1 Å². The summed E-state index contributed by atoms with van der Waals surface area (Å²) in [6, 6.07) is 0. The zero-order valence-electron chi connectivity index (χ0n) is 38.5. The third-order valence-electron chi connectivity index (χ3n) is 14.9. The number of carbonyl (C=O) groups excluding carboxylic acids is 1. The Morgan fingerprint density at radius 3 is 2.35 bits per heavy atom. The molecule has 0 aromatic rings. The van der Waals surface area contributed by atoms with Crippen molar-refractivity contribution < 1.29 is 67.5 Å². The highest BCUT2D eigenvalue weighted by Crippen LogP contribution is 2.48. The van der Waals surface area contributed by atoms with E-state index in [1.54, 1.807) is 40.2 Å². The molecule has 0 aromatic heterocycles. The SMILES string of the molecule is CC[C@H](C)[C@@H]1O[C@]2(CC[C@@H]1C)C[C@H]1C[C@@H](CC=C(C)[C@H](O[C@@H]3C[C@H](OC)[C@H](O[C@@H]4C[C@H](OC)[C@H](O)[C@H](C)O4)[C@H](C)O3)[C@H](C)C=CC=C3CO[C@@H]4[C@H](O)C(C)=C[C@@H](C(=O)O1)[C@@]34O)O2. The molecule has 350 valence electrons. The zero-order chi connectivity index (χ0) is 44.7. The highest BCUT2D eigenvalue weighted by molar-refractivity contribution is 5.78. The molecule has 6 aliphatic heterocycles. The van der Waals surface area contributed by atoms with E-state index in [4.69, 9.17) is 47.4 Å². The number of carbonyl (C=O) groups is 1. The summed E-state index contributed by atoms with van der Waals surface area (Å²) < 4.78 is 63.9. The van der Waals surface area contributed by atoms with Crippen LogP contribution < -0.4 is 0 Å². The van der Waals surface area contributed by atoms with Crippen molar-refractivity contribution in [3.63, 3.8) is 0 Å². The van der Waals surface area contributed by atoms with Gasteiger partial charge in [0.15, 0.2) is 18.4 Å². The molecule has 0 aromatic carbocycles. The number of allylic oxidation sites excluding steroid dienone is 2. The second kappa shape index (κ2) is 19.8. The van der Waals surface area contributed by atoms with Crippen LogP contribution in [0.25, 0.3) is 0 Å². The lowest BCUT2D eigenvalue weighted by Gasteiger charge is -2.51. The number of hydrogen-bond donors (Lipinski definition) is 3. The summed E-state index contributed by atoms with van der Waals surface area (Å²) in [5, 5.41) is 34.2. The van der Waals surface area contributed by atoms with Gasteiger partial charge in [0.25, 0.3) is 0 Å². The molecule has 0 amide bonds. The first-order valence-corrected chi connectivity index (χ1v) is 23.2. The van der Waals surface area contributed by atoms with Gasteiger partial charge in [-0.3, -0.25) is 4.79 Å². The summed E-state index contributed by atoms with van der Waals surface area (Å²) in [6.45, 7) is 16.3. The predicted octanol–water partition coefficient (Wildman–Crippen LogP) is 5.60. The largest absolute Gasteiger partial charge is 0.462 e. The number of hydrogen-bond acceptors (Lipinski definition) is 14. The lowest BCUT2D eigenvalue weighted by atomic mass is 9.71. The van der Waals surface area contributed by atoms with Crippen LogP contribution in [0.15, 0.2) is 47.1 Å². The normalized spacial score (nSPS) is 47.2. The highest BCUT2D eigenvalue weighted by Gasteiger charge is 2.60. The van der Waals surface area contributed by atoms with Crippen molar-refractivity contribution >= 4 is 5.97 Å². The molecule has 20 atom stereocenters. The van der Waals surface area contributed by atoms with Crippen molar-refractivity contribution in [3.05, 3.63) is 47.1 Å². The molecule has 6 heterocycles. The molecule has 0 radical (unpaired) electrons. The Bertz CT molecular complexity index is 1680. The minimum absolute atomic E-state index is 0.00708. The van der Waals surface area contributed by atoms with Crippen LogP contribution in [-0.2, 0) is 52.2 Å². The van der Waals surface area contributed by atoms with Crippen molar-refractivity contribution in [2.24, 2.45) is 23.7 Å². The Morgan fingerprint density at radius 1 is 0.919 bits per heavy atom. The van der Waals surface area contributed by atoms with Gasteiger partial charge in [-0.25, -0.2) is 0 Å². The average Bonchev–Trinajstić information content (AvgIpc) is 3.58. The summed E-state index contributed by atoms with van der Waals surface area (Å²) in [5.74, 6) is -2.10. The van der Waals surface area contributed by atoms with E-state index < -0.39 is 90.8 Å². The summed E-state index contributed by atoms with van der Waals surface area (Å²) in [4.78, 5) is 14.4. The lowest BCUT2D eigenvalue weighted by molar-refractivity contribution is -0.340. The molecule has 0 saturated carbocycles. The summed E-state index contributed by atoms with van der Waals surface area (Å²) in [6.07, 6.45) is 6.53. The molecule has 5 fully saturated rings. The van der Waals surface area contributed by atoms with Crippen molar-refractivity contribution in [1.29, 1.82) is 0 Å². The maximum absolute atomic E-state index is 14.4. The van der Waals surface area contributed by atoms with Crippen molar-refractivity contribution in [3.8, 4) is 0 Å². The van der Waals surface area contributed by atoms with Crippen molar-refractivity contribution in [1.82, 2.24) is 0 Å². The van der Waals surface area contributed by atoms with Crippen molar-refractivity contribution in [2.75, 3.05) is 20.8 Å². The van der Waals surface area contributed by atoms with Gasteiger partial charge in [-0.2, -0.15) is 0 Å². The van der Waals surface area contributed by atoms with Gasteiger partial charge in [0.1, 0.15) is 42.0 Å². The van der Waals surface area contributed by atoms with Gasteiger partial charge in [0.05, 0.1) is 49.3 Å². The number of aliphatic hydroxyl groups is 3. The van der Waals surface area contributed by atoms with Gasteiger partial charge >= 0.3 is 5.97 Å². The number of methoxy groups -OCH3 is 2. The monoisotopic (exact) mass is 875 g/mol. The van der Waals surface area contributed by atoms with Crippen LogP contribution in [0.5, 0.6) is 0 Å². The van der Waals surface area contributed by atoms with Gasteiger partial charge in [-0.05, 0) is 69.1 Å². The Hall–Kier alpha value is -2.05. The fraction of sp³-hybridized carbons (Fsp3) is 0.812. The first kappa shape index (κ1) is 47.9. The van der Waals surface area contributed by atoms with Gasteiger partial charge in [-0.1, -0.05) is 64.5 Å². The van der Waals surface area contributed by atoms with Gasteiger partial charge in [-0.15, -0.1) is 0 Å². The molecule has 7 rings (SSSR count). The smallest absolute Gasteiger partial charge is 0.316 e. The first-order chi connectivity index (χ1) is 29.5. The molecule has 3 N–H and O–H groups in total. The number of ether oxygens (including phenoxy) is 10. The van der Waals surface area contributed by atoms with E-state index >= 15 is 0 Å². The molecule has 2 bridgehead atoms. The van der Waals surface area contributed by atoms with Crippen LogP contribution >= 0.6 is 0 Å². The fourth-order valence-corrected chi connectivity index (χ4v) is 11.0. The minimum Gasteiger partial charge on any atom is -0.462 e. The topological polar surface area (TPSA) is 170 Å². The maximum atomic E-state index is 14.4. The van der Waals surface area contributed by atoms with Crippen LogP contribution in [0.3, 0.4) is 0 Å². The Morgan fingerprint density at radius 2 is 1.63 bits per heavy atom. The van der Waals surface area contributed by atoms with Crippen LogP contribution in [-0.4, -0.2) is 139 Å². The molecule has 1 spiro atoms. The van der Waals surface area contributed by atoms with Crippen LogP contribution in [0.2, 0.25) is 0 Å². The molecule has 7 aliphatic rings. The molecule has 0 unspecified atom stereocenters. The lowest BCUT2D eigenvalue weighted by Crippen LogP contribution is -2.58. The molecule has 1 aliphatic carbocycles. The van der Waals surface area contributed by atoms with Crippen molar-refractivity contribution in [2.45, 2.75) is 204 Å². The zero-order valence-corrected chi connectivity index (χ0v) is 38.5. The minimum atomic E-state index is -1.82. The third kappa shape index (κ3) is 9.73. The van der Waals surface area contributed by atoms with E-state index in [0.29, 0.717) is 61.5 Å². The average molecular weight is 875 g/mol. The van der Waals surface area contributed by atoms with E-state index in [2.05, 4.69) is 40.7 Å². The van der Waals surface area contributed by atoms with E-state index in [1.165, 1.54) is 0 Å². The number of rotatable bonds is 8. The van der Waals surface area contributed by atoms with Gasteiger partial charge in [0, 0.05) is 52.2 Å². The maximum Gasteiger partial charge on any atom is 0.316 e. The molecular formula is C48H74O14. The molecule has 5 saturated heterocycles. The first-order valence-electron chi connectivity index (χ1n) is 23.2. The fourth-order valence-electron chi connectivity index (χ4n) is 11.0. The number of esters is 1. The summed E-state index contributed by atoms with van der Waals surface area (Å²) in [5.41, 5.74) is 0.188. The predicted molar refractivity (Wildman–Crippen MR) is 227 cm³/mol. The number of fused-ring (bicyclic) bond motifs is 2. The number of aliphatic hydroxyl groups excluding tert-OH is 2. The third-order valence-corrected chi connectivity index (χ3v) is 14.9. The molecule has 62 heavy (non-hydrogen) atoms. The highest BCUT2D eigenvalue weighted by atomic mass is 16.7. The Kier molecular flexibility index (Phi) is 15.3. The molecule has 14 heteroatoms. The van der Waals surface area contributed by atoms with Crippen LogP contribution in [0.4, 0.5) is 0 Å². The quantitative estimate of drug-likeness (QED) is 0.204. The molecule has 14 nitrogen and oxygen atoms in total. The van der Waals surface area contributed by atoms with Gasteiger partial charge < -0.3 is 62.7 Å². The second-order valence-electron chi connectivity index (χ2n) is 19.4. The Balaban J connectivity index is 1.18. The van der Waals surface area contributed by atoms with E-state index in [1.807, 2.05) is 19.1 Å². The summed E-state index contributed by atoms with van der Waals surface area (Å²) in [7, 11) is 3.23. The van der Waals surface area contributed by atoms with Gasteiger partial charge in [0.2, 0.25) is 0 Å². The standard InChI is InChI=1S/C48H74O14/c1-11-25(2)43-28(5)17-18-47(62-43)23-34-20-33(61-47)16-15-27(4)42(26(3)13-12-14-32-24-55-45-40(49)29(6)19-35(46(51)58-34)48(32,45)52)59-39-22-37(54-10)44(31(8)57-39)60-38-21-36(53-9)41(50)30(7)56-38/h12-15,19,25-26,28,30-31,33-45,49-50,52H,11,16-18,20-24H2,1-10H3/t25-,26+,28-,30-,31-,33+,34+,35-,36-,37-,38+,39+,40+,41+,42+,43-,44+,45+,47+,48-/m0/s1. The van der Waals surface area contributed by atoms with Crippen LogP contribution in [0.1, 0.15) is 107 Å². The van der Waals surface area contributed by atoms with E-state index in [-0.39, 0.29) is 30.8 Å². The van der Waals surface area contributed by atoms with Crippen LogP contribution in [0, 0.1) is 23.7 Å². The molecular weight excluding hydrogens is 801 g/mol.